The number of nitrogens with one attached hydrogen (secondary N) is 1. The molecule has 6 heteroatoms. The van der Waals surface area contributed by atoms with Crippen molar-refractivity contribution in [3.63, 3.8) is 0 Å². The number of anilines is 1. The molecule has 1 aliphatic rings. The summed E-state index contributed by atoms with van der Waals surface area (Å²) in [5.74, 6) is -0.803. The van der Waals surface area contributed by atoms with Crippen LogP contribution >= 0.6 is 11.6 Å². The molecule has 0 fully saturated rings. The summed E-state index contributed by atoms with van der Waals surface area (Å²) >= 11 is 6.04. The lowest BCUT2D eigenvalue weighted by Gasteiger charge is -2.18. The van der Waals surface area contributed by atoms with Gasteiger partial charge >= 0.3 is 0 Å². The van der Waals surface area contributed by atoms with Crippen LogP contribution < -0.4 is 5.32 Å². The fourth-order valence-electron chi connectivity index (χ4n) is 2.13. The molecule has 1 N–H and O–H groups in total. The van der Waals surface area contributed by atoms with Crippen molar-refractivity contribution in [2.75, 3.05) is 5.32 Å². The first kappa shape index (κ1) is 13.5. The highest BCUT2D eigenvalue weighted by Crippen LogP contribution is 2.28. The molecule has 1 aromatic heterocycles. The molecule has 0 amide bonds. The maximum Gasteiger partial charge on any atom is 0.213 e. The van der Waals surface area contributed by atoms with E-state index < -0.39 is 5.78 Å². The van der Waals surface area contributed by atoms with Crippen LogP contribution in [0.2, 0.25) is 0 Å². The molecule has 0 radical (unpaired) electrons. The van der Waals surface area contributed by atoms with E-state index in [0.717, 1.165) is 5.56 Å². The van der Waals surface area contributed by atoms with Gasteiger partial charge in [0, 0.05) is 5.69 Å². The van der Waals surface area contributed by atoms with Crippen molar-refractivity contribution in [1.29, 1.82) is 0 Å². The van der Waals surface area contributed by atoms with Crippen LogP contribution in [-0.2, 0) is 0 Å². The van der Waals surface area contributed by atoms with Gasteiger partial charge in [0.2, 0.25) is 11.6 Å². The highest BCUT2D eigenvalue weighted by Gasteiger charge is 2.32. The van der Waals surface area contributed by atoms with Crippen LogP contribution in [-0.4, -0.2) is 21.8 Å². The van der Waals surface area contributed by atoms with Crippen LogP contribution in [0.1, 0.15) is 26.3 Å². The van der Waals surface area contributed by atoms with E-state index in [-0.39, 0.29) is 27.6 Å². The Balaban J connectivity index is 2.05. The number of hydrogen-bond acceptors (Lipinski definition) is 5. The Kier molecular flexibility index (Phi) is 3.27. The predicted octanol–water partition coefficient (Wildman–Crippen LogP) is 2.73. The first-order valence-corrected chi connectivity index (χ1v) is 6.59. The van der Waals surface area contributed by atoms with E-state index in [2.05, 4.69) is 15.5 Å². The quantitative estimate of drug-likeness (QED) is 0.923. The smallest absolute Gasteiger partial charge is 0.213 e. The Hall–Kier alpha value is -2.53. The second-order valence-corrected chi connectivity index (χ2v) is 5.04. The lowest BCUT2D eigenvalue weighted by molar-refractivity contribution is 0.0981. The number of halogens is 1. The van der Waals surface area contributed by atoms with Crippen molar-refractivity contribution in [2.24, 2.45) is 0 Å². The van der Waals surface area contributed by atoms with E-state index in [9.17, 15) is 9.59 Å². The van der Waals surface area contributed by atoms with Gasteiger partial charge in [0.25, 0.3) is 0 Å². The predicted molar refractivity (Wildman–Crippen MR) is 78.4 cm³/mol. The van der Waals surface area contributed by atoms with Crippen molar-refractivity contribution in [3.8, 4) is 0 Å². The molecule has 21 heavy (non-hydrogen) atoms. The molecule has 5 nitrogen and oxygen atoms in total. The average Bonchev–Trinajstić information content (AvgIpc) is 2.49. The summed E-state index contributed by atoms with van der Waals surface area (Å²) in [5, 5.41) is 10.0. The Labute approximate surface area is 125 Å². The topological polar surface area (TPSA) is 72.0 Å². The van der Waals surface area contributed by atoms with Gasteiger partial charge in [0.05, 0.1) is 23.5 Å². The summed E-state index contributed by atoms with van der Waals surface area (Å²) in [6, 6.07) is 7.43. The molecule has 104 valence electrons. The number of fused-ring (bicyclic) bond motifs is 1. The lowest BCUT2D eigenvalue weighted by atomic mass is 9.95. The van der Waals surface area contributed by atoms with Gasteiger partial charge in [0.15, 0.2) is 0 Å². The van der Waals surface area contributed by atoms with Crippen LogP contribution in [0.5, 0.6) is 0 Å². The van der Waals surface area contributed by atoms with Crippen LogP contribution in [0.3, 0.4) is 0 Å². The molecule has 1 aromatic carbocycles. The molecule has 0 unspecified atom stereocenters. The summed E-state index contributed by atoms with van der Waals surface area (Å²) < 4.78 is 0. The van der Waals surface area contributed by atoms with Gasteiger partial charge in [0.1, 0.15) is 10.7 Å². The van der Waals surface area contributed by atoms with Gasteiger partial charge in [-0.1, -0.05) is 23.7 Å². The maximum atomic E-state index is 12.4. The number of allylic oxidation sites excluding steroid dienone is 2. The second kappa shape index (κ2) is 5.10. The number of rotatable bonds is 2. The molecule has 1 aliphatic carbocycles. The zero-order valence-electron chi connectivity index (χ0n) is 11.1. The molecular weight excluding hydrogens is 290 g/mol. The number of carbonyl (C=O) groups is 2. The Morgan fingerprint density at radius 3 is 2.38 bits per heavy atom. The number of ketones is 2. The van der Waals surface area contributed by atoms with Crippen molar-refractivity contribution in [1.82, 2.24) is 10.2 Å². The Morgan fingerprint density at radius 2 is 1.71 bits per heavy atom. The number of hydrogen-bond donors (Lipinski definition) is 1. The minimum atomic E-state index is -0.434. The van der Waals surface area contributed by atoms with Crippen LogP contribution in [0.15, 0.2) is 47.4 Å². The number of benzene rings is 1. The van der Waals surface area contributed by atoms with Gasteiger partial charge < -0.3 is 5.32 Å². The summed E-state index contributed by atoms with van der Waals surface area (Å²) in [5.41, 5.74) is 2.16. The summed E-state index contributed by atoms with van der Waals surface area (Å²) in [6.07, 6.45) is 2.53. The summed E-state index contributed by atoms with van der Waals surface area (Å²) in [4.78, 5) is 24.6. The molecule has 0 bridgehead atoms. The van der Waals surface area contributed by atoms with Gasteiger partial charge in [-0.05, 0) is 24.6 Å². The second-order valence-electron chi connectivity index (χ2n) is 4.66. The SMILES string of the molecule is Cc1cccc(NC2=C(Cl)C(=O)c3cnncc3C2=O)c1. The summed E-state index contributed by atoms with van der Waals surface area (Å²) in [6.45, 7) is 1.93. The van der Waals surface area contributed by atoms with E-state index in [4.69, 9.17) is 11.6 Å². The van der Waals surface area contributed by atoms with Gasteiger partial charge in [-0.2, -0.15) is 10.2 Å². The first-order valence-electron chi connectivity index (χ1n) is 6.21. The molecule has 2 aromatic rings. The summed E-state index contributed by atoms with van der Waals surface area (Å²) in [7, 11) is 0. The third-order valence-corrected chi connectivity index (χ3v) is 3.51. The van der Waals surface area contributed by atoms with E-state index >= 15 is 0 Å². The fraction of sp³-hybridized carbons (Fsp3) is 0.0667. The third-order valence-electron chi connectivity index (χ3n) is 3.15. The van der Waals surface area contributed by atoms with Crippen molar-refractivity contribution in [3.05, 3.63) is 64.1 Å². The van der Waals surface area contributed by atoms with Crippen molar-refractivity contribution >= 4 is 28.9 Å². The van der Waals surface area contributed by atoms with Crippen LogP contribution in [0.25, 0.3) is 0 Å². The number of Topliss-reactive ketones (excluding diaryl/α,β-unsaturated/α-hetero) is 2. The number of carbonyl (C=O) groups excluding carboxylic acids is 2. The highest BCUT2D eigenvalue weighted by atomic mass is 35.5. The number of aromatic nitrogens is 2. The maximum absolute atomic E-state index is 12.4. The standard InChI is InChI=1S/C15H10ClN3O2/c1-8-3-2-4-9(5-8)19-13-12(16)14(20)10-6-17-18-7-11(10)15(13)21/h2-7,19H,1H3. The zero-order chi connectivity index (χ0) is 15.0. The number of aryl methyl sites for hydroxylation is 1. The Morgan fingerprint density at radius 1 is 1.05 bits per heavy atom. The van der Waals surface area contributed by atoms with Crippen LogP contribution in [0, 0.1) is 6.92 Å². The molecule has 0 atom stereocenters. The van der Waals surface area contributed by atoms with E-state index in [1.807, 2.05) is 25.1 Å². The van der Waals surface area contributed by atoms with Crippen molar-refractivity contribution < 1.29 is 9.59 Å². The largest absolute Gasteiger partial charge is 0.351 e. The van der Waals surface area contributed by atoms with Gasteiger partial charge in [-0.15, -0.1) is 0 Å². The zero-order valence-corrected chi connectivity index (χ0v) is 11.8. The average molecular weight is 300 g/mol. The molecule has 0 saturated heterocycles. The normalized spacial score (nSPS) is 14.2. The molecule has 0 spiro atoms. The monoisotopic (exact) mass is 299 g/mol. The molecule has 1 heterocycles. The minimum absolute atomic E-state index is 0.0627. The lowest BCUT2D eigenvalue weighted by Crippen LogP contribution is -2.24. The molecule has 3 rings (SSSR count). The third kappa shape index (κ3) is 2.32. The Bertz CT molecular complexity index is 799. The van der Waals surface area contributed by atoms with E-state index in [1.54, 1.807) is 6.07 Å². The molecule has 0 saturated carbocycles. The fourth-order valence-corrected chi connectivity index (χ4v) is 2.36. The minimum Gasteiger partial charge on any atom is -0.351 e. The van der Waals surface area contributed by atoms with E-state index in [1.165, 1.54) is 12.4 Å². The van der Waals surface area contributed by atoms with Gasteiger partial charge in [-0.3, -0.25) is 9.59 Å². The molecular formula is C15H10ClN3O2. The molecule has 0 aliphatic heterocycles. The highest BCUT2D eigenvalue weighted by molar-refractivity contribution is 6.50. The first-order chi connectivity index (χ1) is 10.1. The van der Waals surface area contributed by atoms with Crippen LogP contribution in [0.4, 0.5) is 5.69 Å². The van der Waals surface area contributed by atoms with Gasteiger partial charge in [-0.25, -0.2) is 0 Å². The van der Waals surface area contributed by atoms with E-state index in [0.29, 0.717) is 5.69 Å². The van der Waals surface area contributed by atoms with Crippen molar-refractivity contribution in [2.45, 2.75) is 6.92 Å². The number of nitrogens with zero attached hydrogens (tertiary/aromatic N) is 2.